The summed E-state index contributed by atoms with van der Waals surface area (Å²) in [6.45, 7) is 0. The van der Waals surface area contributed by atoms with E-state index in [1.807, 2.05) is 12.1 Å². The van der Waals surface area contributed by atoms with E-state index in [0.29, 0.717) is 11.1 Å². The third-order valence-electron chi connectivity index (χ3n) is 2.91. The average Bonchev–Trinajstić information content (AvgIpc) is 2.10. The SMILES string of the molecule is NNC(c1ccnc(Cl)c1)C1CCC1. The van der Waals surface area contributed by atoms with Crippen molar-refractivity contribution >= 4 is 11.6 Å². The molecule has 2 rings (SSSR count). The van der Waals surface area contributed by atoms with Crippen LogP contribution in [0.25, 0.3) is 0 Å². The Kier molecular flexibility index (Phi) is 3.01. The molecular weight excluding hydrogens is 198 g/mol. The summed E-state index contributed by atoms with van der Waals surface area (Å²) in [5.74, 6) is 6.20. The lowest BCUT2D eigenvalue weighted by molar-refractivity contribution is 0.232. The first-order chi connectivity index (χ1) is 6.81. The maximum atomic E-state index is 5.83. The molecule has 1 aromatic heterocycles. The lowest BCUT2D eigenvalue weighted by atomic mass is 9.77. The van der Waals surface area contributed by atoms with Gasteiger partial charge in [-0.3, -0.25) is 11.3 Å². The Morgan fingerprint density at radius 1 is 1.57 bits per heavy atom. The largest absolute Gasteiger partial charge is 0.271 e. The zero-order chi connectivity index (χ0) is 9.97. The summed E-state index contributed by atoms with van der Waals surface area (Å²) in [5.41, 5.74) is 4.00. The van der Waals surface area contributed by atoms with E-state index in [1.54, 1.807) is 6.20 Å². The number of rotatable bonds is 3. The summed E-state index contributed by atoms with van der Waals surface area (Å²) < 4.78 is 0. The Hall–Kier alpha value is -0.640. The number of halogens is 1. The lowest BCUT2D eigenvalue weighted by Gasteiger charge is -2.33. The number of hydrogen-bond donors (Lipinski definition) is 2. The van der Waals surface area contributed by atoms with E-state index in [2.05, 4.69) is 10.4 Å². The van der Waals surface area contributed by atoms with E-state index >= 15 is 0 Å². The maximum absolute atomic E-state index is 5.83. The Bertz CT molecular complexity index is 312. The van der Waals surface area contributed by atoms with Crippen LogP contribution in [0.1, 0.15) is 30.9 Å². The van der Waals surface area contributed by atoms with Crippen molar-refractivity contribution in [3.8, 4) is 0 Å². The van der Waals surface area contributed by atoms with Gasteiger partial charge in [-0.1, -0.05) is 18.0 Å². The number of nitrogens with zero attached hydrogens (tertiary/aromatic N) is 1. The number of hydrazine groups is 1. The molecule has 0 spiro atoms. The van der Waals surface area contributed by atoms with E-state index in [9.17, 15) is 0 Å². The molecule has 1 aromatic rings. The molecular formula is C10H14ClN3. The van der Waals surface area contributed by atoms with Gasteiger partial charge >= 0.3 is 0 Å². The third-order valence-corrected chi connectivity index (χ3v) is 3.12. The van der Waals surface area contributed by atoms with Crippen LogP contribution in [0.4, 0.5) is 0 Å². The summed E-state index contributed by atoms with van der Waals surface area (Å²) >= 11 is 5.83. The quantitative estimate of drug-likeness (QED) is 0.457. The summed E-state index contributed by atoms with van der Waals surface area (Å²) in [4.78, 5) is 3.96. The molecule has 3 nitrogen and oxygen atoms in total. The summed E-state index contributed by atoms with van der Waals surface area (Å²) in [6, 6.07) is 4.07. The van der Waals surface area contributed by atoms with Crippen molar-refractivity contribution in [1.29, 1.82) is 0 Å². The van der Waals surface area contributed by atoms with Crippen molar-refractivity contribution < 1.29 is 0 Å². The molecule has 1 unspecified atom stereocenters. The normalized spacial score (nSPS) is 19.0. The lowest BCUT2D eigenvalue weighted by Crippen LogP contribution is -2.36. The van der Waals surface area contributed by atoms with Crippen LogP contribution in [0.2, 0.25) is 5.15 Å². The smallest absolute Gasteiger partial charge is 0.129 e. The Morgan fingerprint density at radius 2 is 2.36 bits per heavy atom. The van der Waals surface area contributed by atoms with E-state index in [0.717, 1.165) is 5.56 Å². The van der Waals surface area contributed by atoms with E-state index in [1.165, 1.54) is 19.3 Å². The second kappa shape index (κ2) is 4.26. The number of pyridine rings is 1. The van der Waals surface area contributed by atoms with Crippen LogP contribution in [0.15, 0.2) is 18.3 Å². The van der Waals surface area contributed by atoms with Gasteiger partial charge in [0.15, 0.2) is 0 Å². The van der Waals surface area contributed by atoms with E-state index < -0.39 is 0 Å². The number of aromatic nitrogens is 1. The molecule has 1 heterocycles. The Labute approximate surface area is 88.6 Å². The summed E-state index contributed by atoms with van der Waals surface area (Å²) in [5, 5.41) is 0.530. The third kappa shape index (κ3) is 1.90. The van der Waals surface area contributed by atoms with Crippen LogP contribution in [0, 0.1) is 5.92 Å². The number of hydrogen-bond acceptors (Lipinski definition) is 3. The van der Waals surface area contributed by atoms with Crippen molar-refractivity contribution in [3.63, 3.8) is 0 Å². The Balaban J connectivity index is 2.17. The zero-order valence-corrected chi connectivity index (χ0v) is 8.67. The molecule has 1 fully saturated rings. The minimum atomic E-state index is 0.226. The molecule has 1 atom stereocenters. The van der Waals surface area contributed by atoms with Crippen molar-refractivity contribution in [2.45, 2.75) is 25.3 Å². The van der Waals surface area contributed by atoms with Gasteiger partial charge in [-0.25, -0.2) is 4.98 Å². The van der Waals surface area contributed by atoms with E-state index in [-0.39, 0.29) is 6.04 Å². The first-order valence-corrected chi connectivity index (χ1v) is 5.26. The van der Waals surface area contributed by atoms with Crippen molar-refractivity contribution in [2.75, 3.05) is 0 Å². The van der Waals surface area contributed by atoms with Crippen LogP contribution in [-0.2, 0) is 0 Å². The second-order valence-corrected chi connectivity index (χ2v) is 4.13. The first kappa shape index (κ1) is 9.90. The molecule has 0 aromatic carbocycles. The topological polar surface area (TPSA) is 50.9 Å². The van der Waals surface area contributed by atoms with Crippen molar-refractivity contribution in [3.05, 3.63) is 29.0 Å². The van der Waals surface area contributed by atoms with Gasteiger partial charge in [0.05, 0.1) is 0 Å². The molecule has 0 amide bonds. The van der Waals surface area contributed by atoms with Gasteiger partial charge in [0.1, 0.15) is 5.15 Å². The van der Waals surface area contributed by atoms with Gasteiger partial charge in [0.25, 0.3) is 0 Å². The summed E-state index contributed by atoms with van der Waals surface area (Å²) in [7, 11) is 0. The molecule has 3 N–H and O–H groups in total. The molecule has 4 heteroatoms. The average molecular weight is 212 g/mol. The maximum Gasteiger partial charge on any atom is 0.129 e. The van der Waals surface area contributed by atoms with Gasteiger partial charge in [-0.05, 0) is 36.5 Å². The van der Waals surface area contributed by atoms with Crippen LogP contribution in [0.5, 0.6) is 0 Å². The second-order valence-electron chi connectivity index (χ2n) is 3.75. The van der Waals surface area contributed by atoms with Gasteiger partial charge in [0, 0.05) is 12.2 Å². The molecule has 0 bridgehead atoms. The Morgan fingerprint density at radius 3 is 2.86 bits per heavy atom. The predicted octanol–water partition coefficient (Wildman–Crippen LogP) is 2.04. The van der Waals surface area contributed by atoms with Crippen molar-refractivity contribution in [1.82, 2.24) is 10.4 Å². The molecule has 1 aliphatic rings. The van der Waals surface area contributed by atoms with Crippen LogP contribution in [0.3, 0.4) is 0 Å². The molecule has 1 aliphatic carbocycles. The first-order valence-electron chi connectivity index (χ1n) is 4.89. The molecule has 0 saturated heterocycles. The standard InChI is InChI=1S/C10H14ClN3/c11-9-6-8(4-5-13-9)10(14-12)7-2-1-3-7/h4-7,10,14H,1-3,12H2. The molecule has 0 aliphatic heterocycles. The van der Waals surface area contributed by atoms with Gasteiger partial charge in [-0.2, -0.15) is 0 Å². The van der Waals surface area contributed by atoms with E-state index in [4.69, 9.17) is 17.4 Å². The monoisotopic (exact) mass is 211 g/mol. The van der Waals surface area contributed by atoms with Gasteiger partial charge in [0.2, 0.25) is 0 Å². The molecule has 0 radical (unpaired) electrons. The molecule has 76 valence electrons. The molecule has 14 heavy (non-hydrogen) atoms. The predicted molar refractivity (Wildman–Crippen MR) is 56.7 cm³/mol. The van der Waals surface area contributed by atoms with Gasteiger partial charge < -0.3 is 0 Å². The van der Waals surface area contributed by atoms with Crippen molar-refractivity contribution in [2.24, 2.45) is 11.8 Å². The molecule has 1 saturated carbocycles. The minimum Gasteiger partial charge on any atom is -0.271 e. The zero-order valence-electron chi connectivity index (χ0n) is 7.91. The highest BCUT2D eigenvalue weighted by atomic mass is 35.5. The number of nitrogens with one attached hydrogen (secondary N) is 1. The highest BCUT2D eigenvalue weighted by molar-refractivity contribution is 6.29. The number of nitrogens with two attached hydrogens (primary N) is 1. The fourth-order valence-electron chi connectivity index (χ4n) is 1.89. The van der Waals surface area contributed by atoms with Crippen LogP contribution >= 0.6 is 11.6 Å². The van der Waals surface area contributed by atoms with Gasteiger partial charge in [-0.15, -0.1) is 0 Å². The van der Waals surface area contributed by atoms with Crippen LogP contribution in [-0.4, -0.2) is 4.98 Å². The minimum absolute atomic E-state index is 0.226. The summed E-state index contributed by atoms with van der Waals surface area (Å²) in [6.07, 6.45) is 5.52. The highest BCUT2D eigenvalue weighted by Gasteiger charge is 2.27. The fraction of sp³-hybridized carbons (Fsp3) is 0.500. The highest BCUT2D eigenvalue weighted by Crippen LogP contribution is 2.37. The van der Waals surface area contributed by atoms with Crippen LogP contribution < -0.4 is 11.3 Å². The fourth-order valence-corrected chi connectivity index (χ4v) is 2.07.